The molecule has 1 N–H and O–H groups in total. The zero-order chi connectivity index (χ0) is 20.7. The van der Waals surface area contributed by atoms with Gasteiger partial charge in [0.1, 0.15) is 0 Å². The second kappa shape index (κ2) is 7.57. The number of carbonyl (C=O) groups excluding carboxylic acids is 1. The molecule has 1 amide bonds. The number of amides is 1. The van der Waals surface area contributed by atoms with E-state index in [1.807, 2.05) is 0 Å². The van der Waals surface area contributed by atoms with Crippen molar-refractivity contribution in [2.75, 3.05) is 13.1 Å². The Morgan fingerprint density at radius 2 is 1.64 bits per heavy atom. The standard InChI is InChI=1S/C19H22F6N2O/c1-11-9-12(18(20,21)22)10-13(19(23,24)25)16(11)17(28)26-14-5-4-6-15(14)27-7-2-3-8-27/h9-10,14-15H,2-8H2,1H3,(H,26,28). The number of hydrogen-bond donors (Lipinski definition) is 1. The van der Waals surface area contributed by atoms with E-state index in [-0.39, 0.29) is 23.7 Å². The molecule has 1 heterocycles. The van der Waals surface area contributed by atoms with Crippen LogP contribution in [0, 0.1) is 6.92 Å². The Kier molecular flexibility index (Phi) is 5.67. The van der Waals surface area contributed by atoms with Crippen molar-refractivity contribution >= 4 is 5.91 Å². The molecule has 0 radical (unpaired) electrons. The monoisotopic (exact) mass is 408 g/mol. The molecule has 2 fully saturated rings. The minimum Gasteiger partial charge on any atom is -0.348 e. The summed E-state index contributed by atoms with van der Waals surface area (Å²) in [6, 6.07) is 0.384. The fourth-order valence-electron chi connectivity index (χ4n) is 4.34. The van der Waals surface area contributed by atoms with Crippen LogP contribution in [0.1, 0.15) is 59.2 Å². The van der Waals surface area contributed by atoms with Crippen molar-refractivity contribution in [3.05, 3.63) is 34.4 Å². The summed E-state index contributed by atoms with van der Waals surface area (Å²) in [4.78, 5) is 14.9. The lowest BCUT2D eigenvalue weighted by Crippen LogP contribution is -2.48. The summed E-state index contributed by atoms with van der Waals surface area (Å²) in [7, 11) is 0. The van der Waals surface area contributed by atoms with Gasteiger partial charge in [-0.2, -0.15) is 26.3 Å². The molecule has 2 atom stereocenters. The van der Waals surface area contributed by atoms with E-state index in [0.29, 0.717) is 12.5 Å². The van der Waals surface area contributed by atoms with Gasteiger partial charge >= 0.3 is 12.4 Å². The molecule has 9 heteroatoms. The van der Waals surface area contributed by atoms with Crippen LogP contribution in [0.4, 0.5) is 26.3 Å². The quantitative estimate of drug-likeness (QED) is 0.731. The Labute approximate surface area is 159 Å². The average Bonchev–Trinajstić information content (AvgIpc) is 3.23. The third-order valence-electron chi connectivity index (χ3n) is 5.60. The zero-order valence-corrected chi connectivity index (χ0v) is 15.4. The molecule has 3 rings (SSSR count). The van der Waals surface area contributed by atoms with Gasteiger partial charge in [-0.25, -0.2) is 0 Å². The lowest BCUT2D eigenvalue weighted by Gasteiger charge is -2.30. The summed E-state index contributed by atoms with van der Waals surface area (Å²) in [6.07, 6.45) is -5.54. The molecule has 1 aromatic rings. The third kappa shape index (κ3) is 4.29. The molecule has 0 spiro atoms. The summed E-state index contributed by atoms with van der Waals surface area (Å²) in [5, 5.41) is 2.67. The normalized spacial score (nSPS) is 24.0. The molecule has 1 aliphatic carbocycles. The van der Waals surface area contributed by atoms with E-state index in [0.717, 1.165) is 45.7 Å². The smallest absolute Gasteiger partial charge is 0.348 e. The van der Waals surface area contributed by atoms with Gasteiger partial charge in [0.05, 0.1) is 16.7 Å². The van der Waals surface area contributed by atoms with Gasteiger partial charge < -0.3 is 5.32 Å². The largest absolute Gasteiger partial charge is 0.417 e. The van der Waals surface area contributed by atoms with Crippen molar-refractivity contribution in [2.24, 2.45) is 0 Å². The summed E-state index contributed by atoms with van der Waals surface area (Å²) in [5.41, 5.74) is -4.03. The van der Waals surface area contributed by atoms with E-state index in [1.54, 1.807) is 0 Å². The van der Waals surface area contributed by atoms with Crippen LogP contribution in [0.5, 0.6) is 0 Å². The topological polar surface area (TPSA) is 32.3 Å². The van der Waals surface area contributed by atoms with Crippen LogP contribution in [0.2, 0.25) is 0 Å². The Morgan fingerprint density at radius 1 is 1.00 bits per heavy atom. The predicted molar refractivity (Wildman–Crippen MR) is 90.9 cm³/mol. The highest BCUT2D eigenvalue weighted by Crippen LogP contribution is 2.39. The van der Waals surface area contributed by atoms with Gasteiger partial charge in [-0.15, -0.1) is 0 Å². The van der Waals surface area contributed by atoms with Crippen LogP contribution in [0.25, 0.3) is 0 Å². The highest BCUT2D eigenvalue weighted by molar-refractivity contribution is 5.97. The number of nitrogens with zero attached hydrogens (tertiary/aromatic N) is 1. The van der Waals surface area contributed by atoms with Gasteiger partial charge in [0.15, 0.2) is 0 Å². The van der Waals surface area contributed by atoms with Crippen LogP contribution in [-0.4, -0.2) is 36.0 Å². The number of nitrogens with one attached hydrogen (secondary N) is 1. The van der Waals surface area contributed by atoms with E-state index in [2.05, 4.69) is 10.2 Å². The Balaban J connectivity index is 1.90. The first-order valence-electron chi connectivity index (χ1n) is 9.32. The number of likely N-dealkylation sites (tertiary alicyclic amines) is 1. The SMILES string of the molecule is Cc1cc(C(F)(F)F)cc(C(F)(F)F)c1C(=O)NC1CCCC1N1CCCC1. The number of halogens is 6. The molecule has 0 aromatic heterocycles. The molecule has 2 aliphatic rings. The van der Waals surface area contributed by atoms with E-state index < -0.39 is 35.0 Å². The van der Waals surface area contributed by atoms with Crippen LogP contribution < -0.4 is 5.32 Å². The van der Waals surface area contributed by atoms with Crippen molar-refractivity contribution in [3.8, 4) is 0 Å². The van der Waals surface area contributed by atoms with Crippen molar-refractivity contribution in [3.63, 3.8) is 0 Å². The first-order valence-corrected chi connectivity index (χ1v) is 9.32. The molecule has 156 valence electrons. The lowest BCUT2D eigenvalue weighted by molar-refractivity contribution is -0.143. The van der Waals surface area contributed by atoms with Gasteiger partial charge in [0, 0.05) is 12.1 Å². The summed E-state index contributed by atoms with van der Waals surface area (Å²) < 4.78 is 79.2. The molecule has 1 aromatic carbocycles. The summed E-state index contributed by atoms with van der Waals surface area (Å²) in [5.74, 6) is -0.963. The molecule has 3 nitrogen and oxygen atoms in total. The molecule has 1 aliphatic heterocycles. The van der Waals surface area contributed by atoms with Crippen molar-refractivity contribution in [2.45, 2.75) is 63.5 Å². The van der Waals surface area contributed by atoms with E-state index >= 15 is 0 Å². The second-order valence-electron chi connectivity index (χ2n) is 7.53. The van der Waals surface area contributed by atoms with Crippen molar-refractivity contribution < 1.29 is 31.1 Å². The molecular formula is C19H22F6N2O. The van der Waals surface area contributed by atoms with Crippen LogP contribution >= 0.6 is 0 Å². The van der Waals surface area contributed by atoms with Gasteiger partial charge in [-0.05, 0) is 69.8 Å². The molecule has 0 bridgehead atoms. The highest BCUT2D eigenvalue weighted by atomic mass is 19.4. The minimum atomic E-state index is -5.07. The minimum absolute atomic E-state index is 0.0223. The van der Waals surface area contributed by atoms with Gasteiger partial charge in [0.25, 0.3) is 5.91 Å². The lowest BCUT2D eigenvalue weighted by atomic mass is 9.96. The molecule has 1 saturated carbocycles. The molecular weight excluding hydrogens is 386 g/mol. The van der Waals surface area contributed by atoms with Gasteiger partial charge in [0.2, 0.25) is 0 Å². The first-order chi connectivity index (χ1) is 13.0. The summed E-state index contributed by atoms with van der Waals surface area (Å²) >= 11 is 0. The van der Waals surface area contributed by atoms with E-state index in [4.69, 9.17) is 0 Å². The Bertz CT molecular complexity index is 737. The fourth-order valence-corrected chi connectivity index (χ4v) is 4.34. The third-order valence-corrected chi connectivity index (χ3v) is 5.60. The summed E-state index contributed by atoms with van der Waals surface area (Å²) in [6.45, 7) is 2.89. The number of rotatable bonds is 3. The maximum absolute atomic E-state index is 13.4. The van der Waals surface area contributed by atoms with E-state index in [9.17, 15) is 31.1 Å². The number of carbonyl (C=O) groups is 1. The van der Waals surface area contributed by atoms with E-state index in [1.165, 1.54) is 0 Å². The fraction of sp³-hybridized carbons (Fsp3) is 0.632. The zero-order valence-electron chi connectivity index (χ0n) is 15.4. The number of aryl methyl sites for hydroxylation is 1. The molecule has 1 saturated heterocycles. The average molecular weight is 408 g/mol. The van der Waals surface area contributed by atoms with Crippen LogP contribution in [-0.2, 0) is 12.4 Å². The number of benzene rings is 1. The second-order valence-corrected chi connectivity index (χ2v) is 7.53. The molecule has 28 heavy (non-hydrogen) atoms. The number of alkyl halides is 6. The Hall–Kier alpha value is -1.77. The van der Waals surface area contributed by atoms with Crippen LogP contribution in [0.15, 0.2) is 12.1 Å². The van der Waals surface area contributed by atoms with Gasteiger partial charge in [-0.1, -0.05) is 0 Å². The maximum atomic E-state index is 13.4. The van der Waals surface area contributed by atoms with Crippen molar-refractivity contribution in [1.82, 2.24) is 10.2 Å². The predicted octanol–water partition coefficient (Wildman–Crippen LogP) is 4.78. The number of hydrogen-bond acceptors (Lipinski definition) is 2. The molecule has 2 unspecified atom stereocenters. The van der Waals surface area contributed by atoms with Crippen molar-refractivity contribution in [1.29, 1.82) is 0 Å². The van der Waals surface area contributed by atoms with Crippen LogP contribution in [0.3, 0.4) is 0 Å². The maximum Gasteiger partial charge on any atom is 0.417 e. The Morgan fingerprint density at radius 3 is 2.21 bits per heavy atom. The van der Waals surface area contributed by atoms with Gasteiger partial charge in [-0.3, -0.25) is 9.69 Å². The highest BCUT2D eigenvalue weighted by Gasteiger charge is 2.41. The first kappa shape index (κ1) is 21.0.